The second kappa shape index (κ2) is 7.72. The molecule has 0 bridgehead atoms. The van der Waals surface area contributed by atoms with E-state index in [1.54, 1.807) is 6.20 Å². The van der Waals surface area contributed by atoms with Gasteiger partial charge in [-0.3, -0.25) is 4.98 Å². The quantitative estimate of drug-likeness (QED) is 0.818. The minimum absolute atomic E-state index is 0.346. The van der Waals surface area contributed by atoms with Crippen molar-refractivity contribution in [3.63, 3.8) is 0 Å². The molecule has 0 radical (unpaired) electrons. The van der Waals surface area contributed by atoms with Gasteiger partial charge in [0, 0.05) is 31.3 Å². The summed E-state index contributed by atoms with van der Waals surface area (Å²) in [6.07, 6.45) is 7.14. The highest BCUT2D eigenvalue weighted by Crippen LogP contribution is 2.22. The van der Waals surface area contributed by atoms with Crippen LogP contribution in [0.25, 0.3) is 5.82 Å². The van der Waals surface area contributed by atoms with Gasteiger partial charge in [0.1, 0.15) is 5.82 Å². The predicted molar refractivity (Wildman–Crippen MR) is 98.7 cm³/mol. The second-order valence-corrected chi connectivity index (χ2v) is 7.32. The Morgan fingerprint density at radius 2 is 1.96 bits per heavy atom. The van der Waals surface area contributed by atoms with Gasteiger partial charge in [-0.2, -0.15) is 5.10 Å². The van der Waals surface area contributed by atoms with Crippen molar-refractivity contribution in [2.75, 3.05) is 37.8 Å². The molecule has 0 N–H and O–H groups in total. The van der Waals surface area contributed by atoms with E-state index in [-0.39, 0.29) is 0 Å². The maximum Gasteiger partial charge on any atom is 0.174 e. The minimum atomic E-state index is 0.346. The van der Waals surface area contributed by atoms with E-state index in [0.717, 1.165) is 75.2 Å². The van der Waals surface area contributed by atoms with Gasteiger partial charge in [-0.1, -0.05) is 0 Å². The maximum absolute atomic E-state index is 6.11. The Kier molecular flexibility index (Phi) is 5.17. The Hall–Kier alpha value is -1.99. The molecule has 4 rings (SSSR count). The molecule has 4 heterocycles. The summed E-state index contributed by atoms with van der Waals surface area (Å²) in [5, 5.41) is 4.51. The van der Waals surface area contributed by atoms with Gasteiger partial charge in [0.2, 0.25) is 0 Å². The van der Waals surface area contributed by atoms with Crippen LogP contribution in [-0.4, -0.2) is 58.8 Å². The average Bonchev–Trinajstić information content (AvgIpc) is 3.30. The van der Waals surface area contributed by atoms with Crippen molar-refractivity contribution < 1.29 is 9.47 Å². The molecule has 2 fully saturated rings. The van der Waals surface area contributed by atoms with E-state index in [1.807, 2.05) is 30.8 Å². The SMILES string of the molecule is Cc1cc(C)n(-c2cncc(N3CCC(OCC4CCOC4)CC3)n2)n1. The molecule has 0 aromatic carbocycles. The lowest BCUT2D eigenvalue weighted by Crippen LogP contribution is -2.38. The van der Waals surface area contributed by atoms with Gasteiger partial charge in [-0.15, -0.1) is 0 Å². The summed E-state index contributed by atoms with van der Waals surface area (Å²) in [7, 11) is 0. The van der Waals surface area contributed by atoms with Crippen molar-refractivity contribution in [2.24, 2.45) is 5.92 Å². The fourth-order valence-electron chi connectivity index (χ4n) is 3.70. The number of aromatic nitrogens is 4. The first-order chi connectivity index (χ1) is 12.7. The molecule has 0 aliphatic carbocycles. The first-order valence-electron chi connectivity index (χ1n) is 9.49. The molecule has 2 saturated heterocycles. The topological polar surface area (TPSA) is 65.3 Å². The van der Waals surface area contributed by atoms with Crippen molar-refractivity contribution in [1.29, 1.82) is 0 Å². The molecular formula is C19H27N5O2. The van der Waals surface area contributed by atoms with Gasteiger partial charge in [0.15, 0.2) is 5.82 Å². The third kappa shape index (κ3) is 3.88. The summed E-state index contributed by atoms with van der Waals surface area (Å²) >= 11 is 0. The van der Waals surface area contributed by atoms with E-state index in [2.05, 4.69) is 15.0 Å². The third-order valence-electron chi connectivity index (χ3n) is 5.19. The van der Waals surface area contributed by atoms with E-state index in [0.29, 0.717) is 12.0 Å². The van der Waals surface area contributed by atoms with E-state index in [1.165, 1.54) is 0 Å². The van der Waals surface area contributed by atoms with Gasteiger partial charge in [0.25, 0.3) is 0 Å². The lowest BCUT2D eigenvalue weighted by Gasteiger charge is -2.33. The highest BCUT2D eigenvalue weighted by Gasteiger charge is 2.23. The molecule has 2 aliphatic rings. The summed E-state index contributed by atoms with van der Waals surface area (Å²) < 4.78 is 13.4. The van der Waals surface area contributed by atoms with E-state index >= 15 is 0 Å². The predicted octanol–water partition coefficient (Wildman–Crippen LogP) is 2.30. The molecule has 0 spiro atoms. The molecule has 2 aromatic rings. The van der Waals surface area contributed by atoms with Crippen LogP contribution >= 0.6 is 0 Å². The maximum atomic E-state index is 6.11. The van der Waals surface area contributed by atoms with E-state index in [9.17, 15) is 0 Å². The molecule has 2 aliphatic heterocycles. The van der Waals surface area contributed by atoms with E-state index in [4.69, 9.17) is 14.5 Å². The molecule has 140 valence electrons. The Bertz CT molecular complexity index is 733. The van der Waals surface area contributed by atoms with Gasteiger partial charge in [-0.25, -0.2) is 9.67 Å². The van der Waals surface area contributed by atoms with Crippen molar-refractivity contribution in [3.8, 4) is 5.82 Å². The van der Waals surface area contributed by atoms with Crippen LogP contribution in [-0.2, 0) is 9.47 Å². The van der Waals surface area contributed by atoms with Gasteiger partial charge in [-0.05, 0) is 39.2 Å². The zero-order chi connectivity index (χ0) is 17.9. The smallest absolute Gasteiger partial charge is 0.174 e. The van der Waals surface area contributed by atoms with Crippen LogP contribution in [0.2, 0.25) is 0 Å². The largest absolute Gasteiger partial charge is 0.381 e. The number of hydrogen-bond donors (Lipinski definition) is 0. The molecular weight excluding hydrogens is 330 g/mol. The summed E-state index contributed by atoms with van der Waals surface area (Å²) in [6.45, 7) is 8.49. The van der Waals surface area contributed by atoms with Crippen molar-refractivity contribution >= 4 is 5.82 Å². The van der Waals surface area contributed by atoms with Crippen molar-refractivity contribution in [1.82, 2.24) is 19.7 Å². The lowest BCUT2D eigenvalue weighted by molar-refractivity contribution is 0.0131. The van der Waals surface area contributed by atoms with Gasteiger partial charge < -0.3 is 14.4 Å². The van der Waals surface area contributed by atoms with Crippen LogP contribution in [0.1, 0.15) is 30.7 Å². The van der Waals surface area contributed by atoms with Crippen molar-refractivity contribution in [2.45, 2.75) is 39.2 Å². The standard InChI is InChI=1S/C19H27N5O2/c1-14-9-15(2)24(22-14)19-11-20-10-18(21-19)23-6-3-17(4-7-23)26-13-16-5-8-25-12-16/h9-11,16-17H,3-8,12-13H2,1-2H3. The van der Waals surface area contributed by atoms with Crippen LogP contribution in [0.3, 0.4) is 0 Å². The zero-order valence-electron chi connectivity index (χ0n) is 15.6. The first kappa shape index (κ1) is 17.4. The Balaban J connectivity index is 1.35. The average molecular weight is 357 g/mol. The number of ether oxygens (including phenoxy) is 2. The molecule has 26 heavy (non-hydrogen) atoms. The van der Waals surface area contributed by atoms with Crippen LogP contribution in [0.15, 0.2) is 18.5 Å². The van der Waals surface area contributed by atoms with E-state index < -0.39 is 0 Å². The van der Waals surface area contributed by atoms with Crippen LogP contribution in [0.4, 0.5) is 5.82 Å². The zero-order valence-corrected chi connectivity index (χ0v) is 15.6. The summed E-state index contributed by atoms with van der Waals surface area (Å²) in [6, 6.07) is 2.05. The second-order valence-electron chi connectivity index (χ2n) is 7.32. The molecule has 1 atom stereocenters. The van der Waals surface area contributed by atoms with Gasteiger partial charge in [0.05, 0.1) is 37.4 Å². The monoisotopic (exact) mass is 357 g/mol. The number of piperidine rings is 1. The molecule has 0 amide bonds. The molecule has 7 nitrogen and oxygen atoms in total. The Labute approximate surface area is 154 Å². The number of aryl methyl sites for hydroxylation is 2. The summed E-state index contributed by atoms with van der Waals surface area (Å²) in [5.74, 6) is 2.27. The highest BCUT2D eigenvalue weighted by molar-refractivity contribution is 5.40. The Morgan fingerprint density at radius 1 is 1.15 bits per heavy atom. The molecule has 7 heteroatoms. The Morgan fingerprint density at radius 3 is 2.65 bits per heavy atom. The number of nitrogens with zero attached hydrogens (tertiary/aromatic N) is 5. The van der Waals surface area contributed by atoms with Crippen LogP contribution in [0.5, 0.6) is 0 Å². The van der Waals surface area contributed by atoms with Crippen molar-refractivity contribution in [3.05, 3.63) is 29.8 Å². The fraction of sp³-hybridized carbons (Fsp3) is 0.632. The number of hydrogen-bond acceptors (Lipinski definition) is 6. The molecule has 2 aromatic heterocycles. The lowest BCUT2D eigenvalue weighted by atomic mass is 10.1. The highest BCUT2D eigenvalue weighted by atomic mass is 16.5. The summed E-state index contributed by atoms with van der Waals surface area (Å²) in [4.78, 5) is 11.5. The van der Waals surface area contributed by atoms with Crippen LogP contribution < -0.4 is 4.90 Å². The molecule has 1 unspecified atom stereocenters. The number of rotatable bonds is 5. The first-order valence-corrected chi connectivity index (χ1v) is 9.49. The molecule has 0 saturated carbocycles. The van der Waals surface area contributed by atoms with Gasteiger partial charge >= 0.3 is 0 Å². The van der Waals surface area contributed by atoms with Crippen LogP contribution in [0, 0.1) is 19.8 Å². The normalized spacial score (nSPS) is 21.5. The third-order valence-corrected chi connectivity index (χ3v) is 5.19. The fourth-order valence-corrected chi connectivity index (χ4v) is 3.70. The number of anilines is 1. The summed E-state index contributed by atoms with van der Waals surface area (Å²) in [5.41, 5.74) is 2.05. The minimum Gasteiger partial charge on any atom is -0.381 e.